The molecule has 0 heterocycles. The zero-order chi connectivity index (χ0) is 10.7. The van der Waals surface area contributed by atoms with Crippen molar-refractivity contribution in [2.45, 2.75) is 40.2 Å². The predicted molar refractivity (Wildman–Crippen MR) is 60.1 cm³/mol. The fourth-order valence-corrected chi connectivity index (χ4v) is 1.49. The molecule has 80 valence electrons. The topological polar surface area (TPSA) is 15.3 Å². The largest absolute Gasteiger partial charge is 0.318 e. The van der Waals surface area contributed by atoms with Crippen LogP contribution in [-0.2, 0) is 0 Å². The van der Waals surface area contributed by atoms with Gasteiger partial charge in [0.25, 0.3) is 0 Å². The van der Waals surface area contributed by atoms with Crippen LogP contribution in [0.1, 0.15) is 34.6 Å². The van der Waals surface area contributed by atoms with Gasteiger partial charge >= 0.3 is 0 Å². The van der Waals surface area contributed by atoms with Gasteiger partial charge in [0.2, 0.25) is 0 Å². The summed E-state index contributed by atoms with van der Waals surface area (Å²) in [5.74, 6) is 0. The van der Waals surface area contributed by atoms with E-state index in [0.29, 0.717) is 5.41 Å². The summed E-state index contributed by atoms with van der Waals surface area (Å²) in [7, 11) is 4.20. The number of nitrogens with zero attached hydrogens (tertiary/aromatic N) is 1. The monoisotopic (exact) mass is 186 g/mol. The maximum absolute atomic E-state index is 3.23. The Hall–Kier alpha value is -0.0800. The second kappa shape index (κ2) is 4.43. The third kappa shape index (κ3) is 5.27. The Balaban J connectivity index is 4.16. The van der Waals surface area contributed by atoms with E-state index in [4.69, 9.17) is 0 Å². The Kier molecular flexibility index (Phi) is 4.40. The summed E-state index contributed by atoms with van der Waals surface area (Å²) >= 11 is 0. The Morgan fingerprint density at radius 3 is 1.85 bits per heavy atom. The molecule has 2 heteroatoms. The van der Waals surface area contributed by atoms with E-state index in [1.54, 1.807) is 0 Å². The van der Waals surface area contributed by atoms with Crippen LogP contribution in [0.15, 0.2) is 0 Å². The van der Waals surface area contributed by atoms with Gasteiger partial charge in [-0.25, -0.2) is 0 Å². The summed E-state index contributed by atoms with van der Waals surface area (Å²) in [6, 6.07) is 0. The van der Waals surface area contributed by atoms with E-state index in [-0.39, 0.29) is 5.54 Å². The Bertz CT molecular complexity index is 145. The van der Waals surface area contributed by atoms with Gasteiger partial charge in [-0.05, 0) is 33.4 Å². The average Bonchev–Trinajstić information content (AvgIpc) is 1.82. The van der Waals surface area contributed by atoms with Crippen molar-refractivity contribution in [3.8, 4) is 0 Å². The molecular formula is C11H26N2. The smallest absolute Gasteiger partial charge is 0.0274 e. The first-order chi connectivity index (χ1) is 5.69. The molecule has 0 unspecified atom stereocenters. The third-order valence-corrected chi connectivity index (χ3v) is 2.35. The molecule has 0 fully saturated rings. The first-order valence-electron chi connectivity index (χ1n) is 5.05. The summed E-state index contributed by atoms with van der Waals surface area (Å²) in [6.07, 6.45) is 0. The lowest BCUT2D eigenvalue weighted by atomic mass is 9.93. The second-order valence-electron chi connectivity index (χ2n) is 5.76. The lowest BCUT2D eigenvalue weighted by Gasteiger charge is -2.39. The quantitative estimate of drug-likeness (QED) is 0.722. The van der Waals surface area contributed by atoms with Crippen LogP contribution in [0.3, 0.4) is 0 Å². The van der Waals surface area contributed by atoms with Crippen molar-refractivity contribution in [1.82, 2.24) is 10.2 Å². The van der Waals surface area contributed by atoms with Crippen molar-refractivity contribution >= 4 is 0 Å². The number of rotatable bonds is 4. The molecule has 0 aromatic rings. The molecule has 0 aromatic heterocycles. The molecule has 0 rings (SSSR count). The Labute approximate surface area is 83.7 Å². The van der Waals surface area contributed by atoms with E-state index >= 15 is 0 Å². The highest BCUT2D eigenvalue weighted by atomic mass is 15.2. The van der Waals surface area contributed by atoms with E-state index in [0.717, 1.165) is 13.1 Å². The summed E-state index contributed by atoms with van der Waals surface area (Å²) < 4.78 is 0. The van der Waals surface area contributed by atoms with E-state index in [1.807, 2.05) is 7.05 Å². The van der Waals surface area contributed by atoms with Crippen molar-refractivity contribution < 1.29 is 0 Å². The fraction of sp³-hybridized carbons (Fsp3) is 1.00. The molecule has 0 aliphatic carbocycles. The van der Waals surface area contributed by atoms with Crippen LogP contribution in [0.2, 0.25) is 0 Å². The SMILES string of the molecule is CNCC(C)(C)N(C)CC(C)(C)C. The van der Waals surface area contributed by atoms with Crippen LogP contribution in [0.25, 0.3) is 0 Å². The van der Waals surface area contributed by atoms with Crippen molar-refractivity contribution in [3.05, 3.63) is 0 Å². The van der Waals surface area contributed by atoms with Gasteiger partial charge in [-0.15, -0.1) is 0 Å². The maximum atomic E-state index is 3.23. The molecule has 13 heavy (non-hydrogen) atoms. The van der Waals surface area contributed by atoms with Crippen molar-refractivity contribution in [2.75, 3.05) is 27.2 Å². The van der Waals surface area contributed by atoms with Crippen LogP contribution in [0, 0.1) is 5.41 Å². The van der Waals surface area contributed by atoms with Crippen LogP contribution >= 0.6 is 0 Å². The van der Waals surface area contributed by atoms with E-state index < -0.39 is 0 Å². The first kappa shape index (κ1) is 12.9. The fourth-order valence-electron chi connectivity index (χ4n) is 1.49. The maximum Gasteiger partial charge on any atom is 0.0274 e. The van der Waals surface area contributed by atoms with Crippen LogP contribution in [-0.4, -0.2) is 37.6 Å². The normalized spacial score (nSPS) is 13.8. The summed E-state index contributed by atoms with van der Waals surface area (Å²) in [5, 5.41) is 3.23. The molecule has 0 saturated heterocycles. The number of hydrogen-bond acceptors (Lipinski definition) is 2. The molecule has 0 bridgehead atoms. The predicted octanol–water partition coefficient (Wildman–Crippen LogP) is 1.96. The molecule has 0 radical (unpaired) electrons. The van der Waals surface area contributed by atoms with Gasteiger partial charge in [0.1, 0.15) is 0 Å². The Morgan fingerprint density at radius 2 is 1.54 bits per heavy atom. The minimum absolute atomic E-state index is 0.238. The number of nitrogens with one attached hydrogen (secondary N) is 1. The minimum Gasteiger partial charge on any atom is -0.318 e. The van der Waals surface area contributed by atoms with E-state index in [2.05, 4.69) is 51.9 Å². The molecule has 0 aromatic carbocycles. The van der Waals surface area contributed by atoms with E-state index in [9.17, 15) is 0 Å². The molecule has 0 aliphatic heterocycles. The molecule has 0 atom stereocenters. The second-order valence-corrected chi connectivity index (χ2v) is 5.76. The Morgan fingerprint density at radius 1 is 1.08 bits per heavy atom. The van der Waals surface area contributed by atoms with Gasteiger partial charge in [-0.1, -0.05) is 20.8 Å². The third-order valence-electron chi connectivity index (χ3n) is 2.35. The number of likely N-dealkylation sites (N-methyl/N-ethyl adjacent to an activating group) is 2. The minimum atomic E-state index is 0.238. The highest BCUT2D eigenvalue weighted by Crippen LogP contribution is 2.20. The van der Waals surface area contributed by atoms with Gasteiger partial charge in [0.05, 0.1) is 0 Å². The molecular weight excluding hydrogens is 160 g/mol. The summed E-state index contributed by atoms with van der Waals surface area (Å²) in [4.78, 5) is 2.42. The van der Waals surface area contributed by atoms with Crippen molar-refractivity contribution in [2.24, 2.45) is 5.41 Å². The zero-order valence-corrected chi connectivity index (χ0v) is 10.4. The summed E-state index contributed by atoms with van der Waals surface area (Å²) in [5.41, 5.74) is 0.613. The van der Waals surface area contributed by atoms with Gasteiger partial charge in [-0.3, -0.25) is 4.90 Å². The van der Waals surface area contributed by atoms with Crippen LogP contribution < -0.4 is 5.32 Å². The standard InChI is InChI=1S/C11H26N2/c1-10(2,3)9-13(7)11(4,5)8-12-6/h12H,8-9H2,1-7H3. The first-order valence-corrected chi connectivity index (χ1v) is 5.05. The zero-order valence-electron chi connectivity index (χ0n) is 10.4. The van der Waals surface area contributed by atoms with Gasteiger partial charge in [0, 0.05) is 18.6 Å². The lowest BCUT2D eigenvalue weighted by Crippen LogP contribution is -2.50. The molecule has 0 amide bonds. The summed E-state index contributed by atoms with van der Waals surface area (Å²) in [6.45, 7) is 13.5. The van der Waals surface area contributed by atoms with Crippen molar-refractivity contribution in [1.29, 1.82) is 0 Å². The number of hydrogen-bond donors (Lipinski definition) is 1. The molecule has 0 spiro atoms. The molecule has 0 aliphatic rings. The highest BCUT2D eigenvalue weighted by Gasteiger charge is 2.25. The van der Waals surface area contributed by atoms with Crippen LogP contribution in [0.4, 0.5) is 0 Å². The van der Waals surface area contributed by atoms with Crippen molar-refractivity contribution in [3.63, 3.8) is 0 Å². The van der Waals surface area contributed by atoms with Gasteiger partial charge < -0.3 is 5.32 Å². The highest BCUT2D eigenvalue weighted by molar-refractivity contribution is 4.83. The lowest BCUT2D eigenvalue weighted by molar-refractivity contribution is 0.109. The van der Waals surface area contributed by atoms with E-state index in [1.165, 1.54) is 0 Å². The van der Waals surface area contributed by atoms with Crippen LogP contribution in [0.5, 0.6) is 0 Å². The molecule has 2 nitrogen and oxygen atoms in total. The van der Waals surface area contributed by atoms with Gasteiger partial charge in [-0.2, -0.15) is 0 Å². The average molecular weight is 186 g/mol. The van der Waals surface area contributed by atoms with Gasteiger partial charge in [0.15, 0.2) is 0 Å². The molecule has 0 saturated carbocycles. The molecule has 1 N–H and O–H groups in total.